The molecule has 1 saturated heterocycles. The van der Waals surface area contributed by atoms with Crippen LogP contribution in [0.4, 0.5) is 5.82 Å². The highest BCUT2D eigenvalue weighted by molar-refractivity contribution is 5.50. The number of aryl methyl sites for hydroxylation is 1. The van der Waals surface area contributed by atoms with Crippen LogP contribution in [0.1, 0.15) is 24.1 Å². The monoisotopic (exact) mass is 262 g/mol. The van der Waals surface area contributed by atoms with Gasteiger partial charge in [0.05, 0.1) is 19.3 Å². The SMILES string of the molecule is CNCC1COCCN1c1ncnc2c1CCCC2. The average molecular weight is 262 g/mol. The number of aromatic nitrogens is 2. The van der Waals surface area contributed by atoms with Crippen LogP contribution in [0, 0.1) is 0 Å². The highest BCUT2D eigenvalue weighted by Gasteiger charge is 2.27. The molecule has 0 radical (unpaired) electrons. The first-order valence-electron chi connectivity index (χ1n) is 7.22. The normalized spacial score (nSPS) is 23.2. The van der Waals surface area contributed by atoms with E-state index < -0.39 is 0 Å². The number of nitrogens with one attached hydrogen (secondary N) is 1. The lowest BCUT2D eigenvalue weighted by atomic mass is 9.96. The highest BCUT2D eigenvalue weighted by atomic mass is 16.5. The molecule has 1 unspecified atom stereocenters. The number of anilines is 1. The molecular weight excluding hydrogens is 240 g/mol. The Morgan fingerprint density at radius 2 is 2.26 bits per heavy atom. The molecule has 1 aromatic heterocycles. The first-order valence-corrected chi connectivity index (χ1v) is 7.22. The Morgan fingerprint density at radius 3 is 3.16 bits per heavy atom. The third-order valence-corrected chi connectivity index (χ3v) is 4.04. The summed E-state index contributed by atoms with van der Waals surface area (Å²) in [4.78, 5) is 11.4. The predicted molar refractivity (Wildman–Crippen MR) is 74.6 cm³/mol. The van der Waals surface area contributed by atoms with E-state index in [0.29, 0.717) is 6.04 Å². The summed E-state index contributed by atoms with van der Waals surface area (Å²) in [6.07, 6.45) is 6.47. The summed E-state index contributed by atoms with van der Waals surface area (Å²) in [6, 6.07) is 0.375. The number of fused-ring (bicyclic) bond motifs is 1. The zero-order valence-corrected chi connectivity index (χ0v) is 11.6. The van der Waals surface area contributed by atoms with Gasteiger partial charge in [0, 0.05) is 24.3 Å². The van der Waals surface area contributed by atoms with Crippen LogP contribution in [-0.2, 0) is 17.6 Å². The maximum Gasteiger partial charge on any atom is 0.135 e. The predicted octanol–water partition coefficient (Wildman–Crippen LogP) is 0.780. The summed E-state index contributed by atoms with van der Waals surface area (Å²) in [6.45, 7) is 3.42. The van der Waals surface area contributed by atoms with Gasteiger partial charge in [-0.3, -0.25) is 0 Å². The van der Waals surface area contributed by atoms with Crippen molar-refractivity contribution in [3.8, 4) is 0 Å². The lowest BCUT2D eigenvalue weighted by Crippen LogP contribution is -2.51. The van der Waals surface area contributed by atoms with E-state index in [4.69, 9.17) is 4.74 Å². The minimum atomic E-state index is 0.375. The number of rotatable bonds is 3. The third-order valence-electron chi connectivity index (χ3n) is 4.04. The van der Waals surface area contributed by atoms with Gasteiger partial charge in [-0.15, -0.1) is 0 Å². The van der Waals surface area contributed by atoms with Crippen LogP contribution in [0.5, 0.6) is 0 Å². The molecule has 0 spiro atoms. The zero-order valence-electron chi connectivity index (χ0n) is 11.6. The van der Waals surface area contributed by atoms with Gasteiger partial charge in [0.1, 0.15) is 12.1 Å². The molecule has 1 aliphatic carbocycles. The standard InChI is InChI=1S/C14H22N4O/c1-15-8-11-9-19-7-6-18(11)14-12-4-2-3-5-13(12)16-10-17-14/h10-11,15H,2-9H2,1H3. The maximum atomic E-state index is 5.61. The smallest absolute Gasteiger partial charge is 0.135 e. The molecule has 3 rings (SSSR count). The van der Waals surface area contributed by atoms with Crippen molar-refractivity contribution in [3.63, 3.8) is 0 Å². The lowest BCUT2D eigenvalue weighted by Gasteiger charge is -2.38. The summed E-state index contributed by atoms with van der Waals surface area (Å²) in [7, 11) is 1.99. The van der Waals surface area contributed by atoms with E-state index in [1.165, 1.54) is 24.1 Å². The lowest BCUT2D eigenvalue weighted by molar-refractivity contribution is 0.0938. The first kappa shape index (κ1) is 12.8. The van der Waals surface area contributed by atoms with Gasteiger partial charge in [-0.05, 0) is 32.7 Å². The van der Waals surface area contributed by atoms with Gasteiger partial charge in [0.15, 0.2) is 0 Å². The molecule has 0 bridgehead atoms. The van der Waals surface area contributed by atoms with Gasteiger partial charge >= 0.3 is 0 Å². The highest BCUT2D eigenvalue weighted by Crippen LogP contribution is 2.28. The second-order valence-electron chi connectivity index (χ2n) is 5.31. The number of hydrogen-bond acceptors (Lipinski definition) is 5. The largest absolute Gasteiger partial charge is 0.377 e. The molecule has 1 N–H and O–H groups in total. The van der Waals surface area contributed by atoms with Crippen LogP contribution in [0.2, 0.25) is 0 Å². The van der Waals surface area contributed by atoms with Crippen molar-refractivity contribution in [2.75, 3.05) is 38.3 Å². The molecule has 1 aliphatic heterocycles. The molecule has 2 heterocycles. The van der Waals surface area contributed by atoms with E-state index in [1.54, 1.807) is 6.33 Å². The van der Waals surface area contributed by atoms with Crippen molar-refractivity contribution in [2.24, 2.45) is 0 Å². The topological polar surface area (TPSA) is 50.3 Å². The van der Waals surface area contributed by atoms with E-state index in [0.717, 1.165) is 45.0 Å². The fourth-order valence-electron chi connectivity index (χ4n) is 3.09. The van der Waals surface area contributed by atoms with Gasteiger partial charge in [-0.2, -0.15) is 0 Å². The molecular formula is C14H22N4O. The van der Waals surface area contributed by atoms with Crippen molar-refractivity contribution < 1.29 is 4.74 Å². The van der Waals surface area contributed by atoms with E-state index in [9.17, 15) is 0 Å². The average Bonchev–Trinajstić information content (AvgIpc) is 2.48. The van der Waals surface area contributed by atoms with Gasteiger partial charge in [0.2, 0.25) is 0 Å². The van der Waals surface area contributed by atoms with E-state index in [2.05, 4.69) is 20.2 Å². The fourth-order valence-corrected chi connectivity index (χ4v) is 3.09. The van der Waals surface area contributed by atoms with E-state index >= 15 is 0 Å². The molecule has 1 aromatic rings. The number of nitrogens with zero attached hydrogens (tertiary/aromatic N) is 3. The Kier molecular flexibility index (Phi) is 3.94. The summed E-state index contributed by atoms with van der Waals surface area (Å²) in [5, 5.41) is 3.25. The number of ether oxygens (including phenoxy) is 1. The number of hydrogen-bond donors (Lipinski definition) is 1. The first-order chi connectivity index (χ1) is 9.40. The molecule has 104 valence electrons. The minimum absolute atomic E-state index is 0.375. The summed E-state index contributed by atoms with van der Waals surface area (Å²) in [5.41, 5.74) is 2.63. The van der Waals surface area contributed by atoms with E-state index in [-0.39, 0.29) is 0 Å². The quantitative estimate of drug-likeness (QED) is 0.872. The van der Waals surface area contributed by atoms with E-state index in [1.807, 2.05) is 7.05 Å². The summed E-state index contributed by atoms with van der Waals surface area (Å²) in [5.74, 6) is 1.15. The molecule has 0 amide bonds. The Labute approximate surface area is 114 Å². The molecule has 19 heavy (non-hydrogen) atoms. The van der Waals surface area contributed by atoms with Gasteiger partial charge in [-0.25, -0.2) is 9.97 Å². The summed E-state index contributed by atoms with van der Waals surface area (Å²) < 4.78 is 5.61. The minimum Gasteiger partial charge on any atom is -0.377 e. The van der Waals surface area contributed by atoms with Gasteiger partial charge in [0.25, 0.3) is 0 Å². The van der Waals surface area contributed by atoms with Crippen LogP contribution >= 0.6 is 0 Å². The van der Waals surface area contributed by atoms with Crippen LogP contribution < -0.4 is 10.2 Å². The molecule has 5 heteroatoms. The molecule has 0 saturated carbocycles. The van der Waals surface area contributed by atoms with Crippen LogP contribution in [0.3, 0.4) is 0 Å². The second kappa shape index (κ2) is 5.84. The van der Waals surface area contributed by atoms with Crippen molar-refractivity contribution in [1.29, 1.82) is 0 Å². The van der Waals surface area contributed by atoms with Gasteiger partial charge < -0.3 is 15.0 Å². The molecule has 2 aliphatic rings. The Morgan fingerprint density at radius 1 is 1.37 bits per heavy atom. The zero-order chi connectivity index (χ0) is 13.1. The number of morpholine rings is 1. The van der Waals surface area contributed by atoms with Crippen molar-refractivity contribution in [2.45, 2.75) is 31.7 Å². The Hall–Kier alpha value is -1.20. The fraction of sp³-hybridized carbons (Fsp3) is 0.714. The third kappa shape index (κ3) is 2.58. The molecule has 0 aromatic carbocycles. The second-order valence-corrected chi connectivity index (χ2v) is 5.31. The summed E-state index contributed by atoms with van der Waals surface area (Å²) >= 11 is 0. The van der Waals surface area contributed by atoms with Gasteiger partial charge in [-0.1, -0.05) is 0 Å². The number of likely N-dealkylation sites (N-methyl/N-ethyl adjacent to an activating group) is 1. The van der Waals surface area contributed by atoms with Crippen LogP contribution in [0.15, 0.2) is 6.33 Å². The molecule has 1 atom stereocenters. The molecule has 5 nitrogen and oxygen atoms in total. The molecule has 1 fully saturated rings. The van der Waals surface area contributed by atoms with Crippen LogP contribution in [-0.4, -0.2) is 49.4 Å². The maximum absolute atomic E-state index is 5.61. The van der Waals surface area contributed by atoms with Crippen molar-refractivity contribution >= 4 is 5.82 Å². The Balaban J connectivity index is 1.91. The van der Waals surface area contributed by atoms with Crippen molar-refractivity contribution in [3.05, 3.63) is 17.6 Å². The van der Waals surface area contributed by atoms with Crippen molar-refractivity contribution in [1.82, 2.24) is 15.3 Å². The Bertz CT molecular complexity index is 435. The van der Waals surface area contributed by atoms with Crippen LogP contribution in [0.25, 0.3) is 0 Å².